The van der Waals surface area contributed by atoms with E-state index in [-0.39, 0.29) is 21.9 Å². The second-order valence-corrected chi connectivity index (χ2v) is 6.44. The van der Waals surface area contributed by atoms with Gasteiger partial charge >= 0.3 is 6.18 Å². The minimum atomic E-state index is -4.65. The summed E-state index contributed by atoms with van der Waals surface area (Å²) < 4.78 is 67.3. The van der Waals surface area contributed by atoms with E-state index < -0.39 is 30.0 Å². The lowest BCUT2D eigenvalue weighted by atomic mass is 9.97. The van der Waals surface area contributed by atoms with Gasteiger partial charge in [0.25, 0.3) is 0 Å². The average Bonchev–Trinajstić information content (AvgIpc) is 2.66. The lowest BCUT2D eigenvalue weighted by Crippen LogP contribution is -2.15. The van der Waals surface area contributed by atoms with Crippen LogP contribution >= 0.6 is 11.6 Å². The zero-order valence-electron chi connectivity index (χ0n) is 14.7. The lowest BCUT2D eigenvalue weighted by Gasteiger charge is -2.15. The number of hydrogen-bond acceptors (Lipinski definition) is 2. The van der Waals surface area contributed by atoms with Crippen molar-refractivity contribution < 1.29 is 26.8 Å². The van der Waals surface area contributed by atoms with E-state index >= 15 is 0 Å². The Morgan fingerprint density at radius 3 is 2.31 bits per heavy atom. The number of rotatable bonds is 5. The second kappa shape index (κ2) is 8.61. The number of hydrogen-bond donors (Lipinski definition) is 0. The predicted molar refractivity (Wildman–Crippen MR) is 99.7 cm³/mol. The third kappa shape index (κ3) is 5.12. The minimum absolute atomic E-state index is 0.00435. The molecule has 3 rings (SSSR count). The standard InChI is InChI=1S/C21H13ClF5NO/c22-15-7-9-18(21(25,26)27)17(10-15)20(13-4-2-1-3-5-13)28-29-12-14-6-8-16(23)11-19(14)24/h1-11H,12H2/b28-20+. The van der Waals surface area contributed by atoms with Crippen LogP contribution in [-0.2, 0) is 17.6 Å². The molecule has 0 aliphatic rings. The molecule has 0 spiro atoms. The molecule has 0 unspecified atom stereocenters. The van der Waals surface area contributed by atoms with E-state index in [1.54, 1.807) is 30.3 Å². The van der Waals surface area contributed by atoms with Crippen molar-refractivity contribution >= 4 is 17.3 Å². The summed E-state index contributed by atoms with van der Waals surface area (Å²) in [6.45, 7) is -0.398. The van der Waals surface area contributed by atoms with Gasteiger partial charge in [-0.25, -0.2) is 8.78 Å². The van der Waals surface area contributed by atoms with Crippen molar-refractivity contribution in [2.24, 2.45) is 5.16 Å². The summed E-state index contributed by atoms with van der Waals surface area (Å²) in [4.78, 5) is 5.13. The van der Waals surface area contributed by atoms with Gasteiger partial charge in [-0.3, -0.25) is 0 Å². The zero-order chi connectivity index (χ0) is 21.0. The Morgan fingerprint density at radius 1 is 0.931 bits per heavy atom. The monoisotopic (exact) mass is 425 g/mol. The van der Waals surface area contributed by atoms with E-state index in [1.165, 1.54) is 6.07 Å². The third-order valence-electron chi connectivity index (χ3n) is 3.98. The van der Waals surface area contributed by atoms with Crippen LogP contribution in [0.25, 0.3) is 0 Å². The average molecular weight is 426 g/mol. The van der Waals surface area contributed by atoms with Crippen molar-refractivity contribution in [3.8, 4) is 0 Å². The molecule has 0 saturated heterocycles. The van der Waals surface area contributed by atoms with Crippen LogP contribution in [0.5, 0.6) is 0 Å². The molecule has 0 heterocycles. The highest BCUT2D eigenvalue weighted by Gasteiger charge is 2.35. The van der Waals surface area contributed by atoms with Gasteiger partial charge in [-0.2, -0.15) is 13.2 Å². The summed E-state index contributed by atoms with van der Waals surface area (Å²) in [5, 5.41) is 3.92. The maximum Gasteiger partial charge on any atom is 0.417 e. The molecule has 0 N–H and O–H groups in total. The Morgan fingerprint density at radius 2 is 1.66 bits per heavy atom. The van der Waals surface area contributed by atoms with Gasteiger partial charge in [-0.15, -0.1) is 0 Å². The van der Waals surface area contributed by atoms with Crippen molar-refractivity contribution in [1.82, 2.24) is 0 Å². The van der Waals surface area contributed by atoms with Crippen molar-refractivity contribution in [2.45, 2.75) is 12.8 Å². The molecule has 0 saturated carbocycles. The van der Waals surface area contributed by atoms with Crippen LogP contribution in [0.15, 0.2) is 71.9 Å². The number of oxime groups is 1. The Bertz CT molecular complexity index is 1030. The van der Waals surface area contributed by atoms with E-state index in [9.17, 15) is 22.0 Å². The molecule has 0 aliphatic carbocycles. The molecule has 0 amide bonds. The first kappa shape index (κ1) is 20.8. The fraction of sp³-hybridized carbons (Fsp3) is 0.0952. The van der Waals surface area contributed by atoms with E-state index in [0.29, 0.717) is 11.6 Å². The highest BCUT2D eigenvalue weighted by molar-refractivity contribution is 6.31. The molecule has 0 aliphatic heterocycles. The molecule has 29 heavy (non-hydrogen) atoms. The Hall–Kier alpha value is -2.93. The molecule has 3 aromatic rings. The maximum atomic E-state index is 13.8. The predicted octanol–water partition coefficient (Wildman–Crippen LogP) is 6.61. The topological polar surface area (TPSA) is 21.6 Å². The quantitative estimate of drug-likeness (QED) is 0.256. The molecule has 0 radical (unpaired) electrons. The van der Waals surface area contributed by atoms with Crippen LogP contribution in [-0.4, -0.2) is 5.71 Å². The number of alkyl halides is 3. The number of halogens is 6. The minimum Gasteiger partial charge on any atom is -0.390 e. The van der Waals surface area contributed by atoms with Crippen LogP contribution in [0.2, 0.25) is 5.02 Å². The van der Waals surface area contributed by atoms with Crippen LogP contribution in [0.1, 0.15) is 22.3 Å². The molecule has 2 nitrogen and oxygen atoms in total. The van der Waals surface area contributed by atoms with Gasteiger partial charge in [0, 0.05) is 27.8 Å². The first-order valence-electron chi connectivity index (χ1n) is 8.32. The van der Waals surface area contributed by atoms with Gasteiger partial charge in [-0.1, -0.05) is 47.1 Å². The van der Waals surface area contributed by atoms with Crippen LogP contribution < -0.4 is 0 Å². The summed E-state index contributed by atoms with van der Waals surface area (Å²) >= 11 is 5.92. The SMILES string of the molecule is Fc1ccc(CO/N=C(\c2ccccc2)c2cc(Cl)ccc2C(F)(F)F)c(F)c1. The fourth-order valence-corrected chi connectivity index (χ4v) is 2.79. The summed E-state index contributed by atoms with van der Waals surface area (Å²) in [5.74, 6) is -1.60. The van der Waals surface area contributed by atoms with Gasteiger partial charge in [-0.05, 0) is 30.3 Å². The van der Waals surface area contributed by atoms with Gasteiger partial charge in [0.05, 0.1) is 5.56 Å². The highest BCUT2D eigenvalue weighted by atomic mass is 35.5. The summed E-state index contributed by atoms with van der Waals surface area (Å²) in [6.07, 6.45) is -4.65. The third-order valence-corrected chi connectivity index (χ3v) is 4.22. The van der Waals surface area contributed by atoms with Crippen molar-refractivity contribution in [2.75, 3.05) is 0 Å². The summed E-state index contributed by atoms with van der Waals surface area (Å²) in [5.41, 5.74) is -0.996. The van der Waals surface area contributed by atoms with Gasteiger partial charge in [0.15, 0.2) is 0 Å². The largest absolute Gasteiger partial charge is 0.417 e. The normalized spacial score (nSPS) is 12.1. The van der Waals surface area contributed by atoms with Gasteiger partial charge in [0.2, 0.25) is 0 Å². The molecule has 0 fully saturated rings. The van der Waals surface area contributed by atoms with Gasteiger partial charge < -0.3 is 4.84 Å². The smallest absolute Gasteiger partial charge is 0.390 e. The molecule has 0 aromatic heterocycles. The summed E-state index contributed by atoms with van der Waals surface area (Å²) in [7, 11) is 0. The number of benzene rings is 3. The highest BCUT2D eigenvalue weighted by Crippen LogP contribution is 2.34. The molecule has 0 atom stereocenters. The molecule has 8 heteroatoms. The first-order chi connectivity index (χ1) is 13.8. The number of nitrogens with zero attached hydrogens (tertiary/aromatic N) is 1. The maximum absolute atomic E-state index is 13.8. The first-order valence-corrected chi connectivity index (χ1v) is 8.70. The fourth-order valence-electron chi connectivity index (χ4n) is 2.62. The Balaban J connectivity index is 2.03. The van der Waals surface area contributed by atoms with Crippen LogP contribution in [0.3, 0.4) is 0 Å². The molecule has 150 valence electrons. The van der Waals surface area contributed by atoms with Gasteiger partial charge in [0.1, 0.15) is 24.0 Å². The van der Waals surface area contributed by atoms with E-state index in [2.05, 4.69) is 5.16 Å². The van der Waals surface area contributed by atoms with Crippen molar-refractivity contribution in [3.05, 3.63) is 106 Å². The summed E-state index contributed by atoms with van der Waals surface area (Å²) in [6, 6.07) is 14.1. The van der Waals surface area contributed by atoms with Crippen molar-refractivity contribution in [1.29, 1.82) is 0 Å². The van der Waals surface area contributed by atoms with Crippen LogP contribution in [0.4, 0.5) is 22.0 Å². The molecular weight excluding hydrogens is 413 g/mol. The Labute approximate surface area is 168 Å². The lowest BCUT2D eigenvalue weighted by molar-refractivity contribution is -0.137. The van der Waals surface area contributed by atoms with Crippen molar-refractivity contribution in [3.63, 3.8) is 0 Å². The Kier molecular flexibility index (Phi) is 6.17. The zero-order valence-corrected chi connectivity index (χ0v) is 15.4. The van der Waals surface area contributed by atoms with E-state index in [4.69, 9.17) is 16.4 Å². The molecular formula is C21H13ClF5NO. The van der Waals surface area contributed by atoms with E-state index in [1.807, 2.05) is 0 Å². The molecule has 0 bridgehead atoms. The van der Waals surface area contributed by atoms with E-state index in [0.717, 1.165) is 24.3 Å². The van der Waals surface area contributed by atoms with Crippen LogP contribution in [0, 0.1) is 11.6 Å². The second-order valence-electron chi connectivity index (χ2n) is 6.00. The molecule has 3 aromatic carbocycles.